The highest BCUT2D eigenvalue weighted by atomic mass is 32.2. The zero-order valence-corrected chi connectivity index (χ0v) is 15.4. The summed E-state index contributed by atoms with van der Waals surface area (Å²) < 4.78 is 5.76. The van der Waals surface area contributed by atoms with Crippen LogP contribution >= 0.6 is 21.0 Å². The maximum absolute atomic E-state index is 11.3. The molecule has 5 nitrogen and oxygen atoms in total. The second-order valence-electron chi connectivity index (χ2n) is 5.09. The first-order valence-corrected chi connectivity index (χ1v) is 8.67. The van der Waals surface area contributed by atoms with Crippen LogP contribution in [-0.4, -0.2) is 34.7 Å². The van der Waals surface area contributed by atoms with E-state index >= 15 is 0 Å². The molecule has 2 aromatic rings. The fourth-order valence-electron chi connectivity index (χ4n) is 1.82. The third kappa shape index (κ3) is 4.98. The fraction of sp³-hybridized carbons (Fsp3) is 0.176. The summed E-state index contributed by atoms with van der Waals surface area (Å²) in [6.45, 7) is 2.65. The molecule has 2 rings (SSSR count). The van der Waals surface area contributed by atoms with Crippen LogP contribution in [0.3, 0.4) is 0 Å². The molecule has 0 saturated heterocycles. The Balaban J connectivity index is 2.28. The number of carboxylic acid groups (broad SMARTS) is 1. The fourth-order valence-corrected chi connectivity index (χ4v) is 2.88. The van der Waals surface area contributed by atoms with E-state index in [1.807, 2.05) is 38.2 Å². The van der Waals surface area contributed by atoms with Crippen molar-refractivity contribution < 1.29 is 14.6 Å². The van der Waals surface area contributed by atoms with Crippen molar-refractivity contribution in [3.05, 3.63) is 48.0 Å². The molecule has 0 aliphatic rings. The van der Waals surface area contributed by atoms with E-state index in [2.05, 4.69) is 9.24 Å². The van der Waals surface area contributed by atoms with Crippen molar-refractivity contribution in [1.82, 2.24) is 4.90 Å². The van der Waals surface area contributed by atoms with Crippen LogP contribution in [0.15, 0.2) is 47.4 Å². The molecule has 2 N–H and O–H groups in total. The largest absolute Gasteiger partial charge is 0.478 e. The summed E-state index contributed by atoms with van der Waals surface area (Å²) in [4.78, 5) is 13.8. The monoisotopic (exact) mass is 362 g/mol. The number of thioether (sulfide) groups is 1. The number of nitrogens with zero attached hydrogens (tertiary/aromatic N) is 1. The topological polar surface area (TPSA) is 73.6 Å². The molecule has 0 aliphatic heterocycles. The molecule has 7 heteroatoms. The number of hydrogen-bond acceptors (Lipinski definition) is 4. The van der Waals surface area contributed by atoms with Crippen molar-refractivity contribution in [3.8, 4) is 11.5 Å². The van der Waals surface area contributed by atoms with Gasteiger partial charge in [-0.3, -0.25) is 5.41 Å². The molecule has 0 radical (unpaired) electrons. The maximum Gasteiger partial charge on any atom is 0.335 e. The second-order valence-corrected chi connectivity index (χ2v) is 6.82. The van der Waals surface area contributed by atoms with E-state index in [-0.39, 0.29) is 5.56 Å². The molecule has 1 unspecified atom stereocenters. The van der Waals surface area contributed by atoms with Crippen LogP contribution in [0, 0.1) is 5.41 Å². The minimum Gasteiger partial charge on any atom is -0.478 e. The normalized spacial score (nSPS) is 10.3. The van der Waals surface area contributed by atoms with Crippen LogP contribution in [0.1, 0.15) is 17.3 Å². The lowest BCUT2D eigenvalue weighted by molar-refractivity contribution is 0.0696. The Kier molecular flexibility index (Phi) is 6.23. The Bertz CT molecular complexity index is 750. The van der Waals surface area contributed by atoms with E-state index < -0.39 is 5.97 Å². The molecule has 0 heterocycles. The molecule has 126 valence electrons. The van der Waals surface area contributed by atoms with Gasteiger partial charge in [0, 0.05) is 18.5 Å². The Hall–Kier alpha value is -2.04. The lowest BCUT2D eigenvalue weighted by atomic mass is 10.2. The molecule has 0 aromatic heterocycles. The van der Waals surface area contributed by atoms with Gasteiger partial charge in [-0.25, -0.2) is 4.79 Å². The van der Waals surface area contributed by atoms with Crippen LogP contribution in [0.4, 0.5) is 0 Å². The molecule has 2 aromatic carbocycles. The van der Waals surface area contributed by atoms with Crippen molar-refractivity contribution in [2.24, 2.45) is 0 Å². The number of aromatic carboxylic acids is 1. The average Bonchev–Trinajstić information content (AvgIpc) is 2.55. The average molecular weight is 362 g/mol. The zero-order chi connectivity index (χ0) is 17.7. The maximum atomic E-state index is 11.3. The molecule has 24 heavy (non-hydrogen) atoms. The van der Waals surface area contributed by atoms with E-state index in [0.29, 0.717) is 28.1 Å². The van der Waals surface area contributed by atoms with Gasteiger partial charge in [0.15, 0.2) is 5.17 Å². The second kappa shape index (κ2) is 8.18. The van der Waals surface area contributed by atoms with Gasteiger partial charge in [0.1, 0.15) is 11.5 Å². The van der Waals surface area contributed by atoms with Gasteiger partial charge in [0.25, 0.3) is 0 Å². The lowest BCUT2D eigenvalue weighted by Crippen LogP contribution is -2.22. The minimum absolute atomic E-state index is 0.129. The van der Waals surface area contributed by atoms with E-state index in [0.717, 1.165) is 5.30 Å². The van der Waals surface area contributed by atoms with Gasteiger partial charge in [-0.05, 0) is 42.6 Å². The quantitative estimate of drug-likeness (QED) is 0.368. The van der Waals surface area contributed by atoms with Gasteiger partial charge in [-0.15, -0.1) is 9.24 Å². The standard InChI is InChI=1S/C17H19N2O3PS/c1-3-19(2)17(18)24-15-9-11(16(20)21)8-13(10-15)22-12-4-6-14(23)7-5-12/h4-10,18H,3,23H2,1-2H3,(H,20,21). The van der Waals surface area contributed by atoms with E-state index in [4.69, 9.17) is 10.1 Å². The van der Waals surface area contributed by atoms with Crippen molar-refractivity contribution in [2.75, 3.05) is 13.6 Å². The van der Waals surface area contributed by atoms with Crippen LogP contribution in [0.2, 0.25) is 0 Å². The first-order valence-electron chi connectivity index (χ1n) is 7.28. The highest BCUT2D eigenvalue weighted by Gasteiger charge is 2.12. The summed E-state index contributed by atoms with van der Waals surface area (Å²) >= 11 is 1.20. The molecule has 0 saturated carbocycles. The van der Waals surface area contributed by atoms with Gasteiger partial charge in [-0.1, -0.05) is 23.9 Å². The minimum atomic E-state index is -1.03. The molecule has 0 aliphatic carbocycles. The van der Waals surface area contributed by atoms with E-state index in [1.54, 1.807) is 17.0 Å². The van der Waals surface area contributed by atoms with Crippen molar-refractivity contribution in [3.63, 3.8) is 0 Å². The van der Waals surface area contributed by atoms with Gasteiger partial charge < -0.3 is 14.7 Å². The third-order valence-electron chi connectivity index (χ3n) is 3.28. The molecule has 0 bridgehead atoms. The summed E-state index contributed by atoms with van der Waals surface area (Å²) in [6.07, 6.45) is 0. The van der Waals surface area contributed by atoms with Crippen LogP contribution in [-0.2, 0) is 0 Å². The number of carbonyl (C=O) groups is 1. The molecule has 0 amide bonds. The van der Waals surface area contributed by atoms with E-state index in [1.165, 1.54) is 17.8 Å². The van der Waals surface area contributed by atoms with Crippen LogP contribution < -0.4 is 10.0 Å². The van der Waals surface area contributed by atoms with Crippen LogP contribution in [0.25, 0.3) is 0 Å². The number of nitrogens with one attached hydrogen (secondary N) is 1. The lowest BCUT2D eigenvalue weighted by Gasteiger charge is -2.17. The van der Waals surface area contributed by atoms with Crippen molar-refractivity contribution >= 4 is 37.4 Å². The SMILES string of the molecule is CCN(C)C(=N)Sc1cc(Oc2ccc(P)cc2)cc(C(=O)O)c1. The first kappa shape index (κ1) is 18.3. The predicted octanol–water partition coefficient (Wildman–Crippen LogP) is 3.66. The van der Waals surface area contributed by atoms with Crippen molar-refractivity contribution in [1.29, 1.82) is 5.41 Å². The highest BCUT2D eigenvalue weighted by Crippen LogP contribution is 2.29. The summed E-state index contributed by atoms with van der Waals surface area (Å²) in [5.41, 5.74) is 0.129. The Morgan fingerprint density at radius 3 is 2.50 bits per heavy atom. The van der Waals surface area contributed by atoms with Crippen molar-refractivity contribution in [2.45, 2.75) is 11.8 Å². The van der Waals surface area contributed by atoms with Gasteiger partial charge in [0.05, 0.1) is 5.56 Å². The Morgan fingerprint density at radius 2 is 1.92 bits per heavy atom. The number of hydrogen-bond donors (Lipinski definition) is 2. The summed E-state index contributed by atoms with van der Waals surface area (Å²) in [7, 11) is 4.41. The first-order chi connectivity index (χ1) is 11.4. The number of benzene rings is 2. The Morgan fingerprint density at radius 1 is 1.25 bits per heavy atom. The number of ether oxygens (including phenoxy) is 1. The third-order valence-corrected chi connectivity index (χ3v) is 4.64. The molecule has 0 spiro atoms. The zero-order valence-electron chi connectivity index (χ0n) is 13.4. The van der Waals surface area contributed by atoms with Gasteiger partial charge >= 0.3 is 5.97 Å². The highest BCUT2D eigenvalue weighted by molar-refractivity contribution is 8.13. The number of amidine groups is 1. The van der Waals surface area contributed by atoms with E-state index in [9.17, 15) is 9.90 Å². The smallest absolute Gasteiger partial charge is 0.335 e. The van der Waals surface area contributed by atoms with Gasteiger partial charge in [0.2, 0.25) is 0 Å². The van der Waals surface area contributed by atoms with Gasteiger partial charge in [-0.2, -0.15) is 0 Å². The molecular weight excluding hydrogens is 343 g/mol. The molecule has 1 atom stereocenters. The molecular formula is C17H19N2O3PS. The molecule has 0 fully saturated rings. The summed E-state index contributed by atoms with van der Waals surface area (Å²) in [5, 5.41) is 18.7. The Labute approximate surface area is 147 Å². The number of carboxylic acids is 1. The van der Waals surface area contributed by atoms with Crippen LogP contribution in [0.5, 0.6) is 11.5 Å². The summed E-state index contributed by atoms with van der Waals surface area (Å²) in [5.74, 6) is 0.0271. The predicted molar refractivity (Wildman–Crippen MR) is 101 cm³/mol. The summed E-state index contributed by atoms with van der Waals surface area (Å²) in [6, 6.07) is 12.2. The number of rotatable bonds is 5.